The van der Waals surface area contributed by atoms with Gasteiger partial charge in [0.25, 0.3) is 0 Å². The summed E-state index contributed by atoms with van der Waals surface area (Å²) < 4.78 is 0. The second kappa shape index (κ2) is 9.35. The van der Waals surface area contributed by atoms with Crippen molar-refractivity contribution in [3.63, 3.8) is 0 Å². The fraction of sp³-hybridized carbons (Fsp3) is 0.938. The van der Waals surface area contributed by atoms with Crippen molar-refractivity contribution in [2.24, 2.45) is 5.92 Å². The first-order chi connectivity index (χ1) is 9.58. The van der Waals surface area contributed by atoms with Gasteiger partial charge in [-0.1, -0.05) is 20.3 Å². The summed E-state index contributed by atoms with van der Waals surface area (Å²) in [5, 5.41) is 6.54. The molecule has 0 aromatic heterocycles. The number of carbonyl (C=O) groups excluding carboxylic acids is 1. The smallest absolute Gasteiger partial charge is 0.237 e. The molecule has 0 spiro atoms. The molecule has 20 heavy (non-hydrogen) atoms. The molecule has 2 atom stereocenters. The third kappa shape index (κ3) is 5.80. The lowest BCUT2D eigenvalue weighted by atomic mass is 9.97. The van der Waals surface area contributed by atoms with Crippen LogP contribution in [-0.4, -0.2) is 49.1 Å². The summed E-state index contributed by atoms with van der Waals surface area (Å²) in [6, 6.07) is 0.265. The largest absolute Gasteiger partial charge is 0.352 e. The van der Waals surface area contributed by atoms with E-state index in [-0.39, 0.29) is 18.0 Å². The van der Waals surface area contributed by atoms with Gasteiger partial charge in [0.05, 0.1) is 6.04 Å². The molecule has 4 nitrogen and oxygen atoms in total. The molecule has 0 bridgehead atoms. The second-order valence-corrected chi connectivity index (χ2v) is 6.16. The van der Waals surface area contributed by atoms with Gasteiger partial charge in [0, 0.05) is 12.6 Å². The quantitative estimate of drug-likeness (QED) is 0.716. The summed E-state index contributed by atoms with van der Waals surface area (Å²) >= 11 is 0. The highest BCUT2D eigenvalue weighted by molar-refractivity contribution is 5.81. The van der Waals surface area contributed by atoms with Gasteiger partial charge in [-0.2, -0.15) is 0 Å². The topological polar surface area (TPSA) is 44.4 Å². The van der Waals surface area contributed by atoms with Crippen LogP contribution in [0.4, 0.5) is 0 Å². The first kappa shape index (κ1) is 17.4. The van der Waals surface area contributed by atoms with E-state index in [0.29, 0.717) is 0 Å². The minimum absolute atomic E-state index is 0.0193. The van der Waals surface area contributed by atoms with E-state index < -0.39 is 0 Å². The van der Waals surface area contributed by atoms with Gasteiger partial charge < -0.3 is 10.6 Å². The summed E-state index contributed by atoms with van der Waals surface area (Å²) in [4.78, 5) is 14.6. The van der Waals surface area contributed by atoms with Crippen LogP contribution in [0.2, 0.25) is 0 Å². The number of nitrogens with one attached hydrogen (secondary N) is 2. The van der Waals surface area contributed by atoms with Gasteiger partial charge in [0.2, 0.25) is 5.91 Å². The van der Waals surface area contributed by atoms with Gasteiger partial charge in [-0.15, -0.1) is 0 Å². The predicted molar refractivity (Wildman–Crippen MR) is 84.8 cm³/mol. The van der Waals surface area contributed by atoms with Crippen LogP contribution in [0.1, 0.15) is 53.4 Å². The maximum absolute atomic E-state index is 12.3. The molecule has 1 fully saturated rings. The standard InChI is InChI=1S/C16H33N3O/c1-5-7-13(3)18-16(20)14(4)19(6-2)12-15-8-10-17-11-9-15/h13-15,17H,5-12H2,1-4H3,(H,18,20). The van der Waals surface area contributed by atoms with Crippen molar-refractivity contribution in [2.75, 3.05) is 26.2 Å². The van der Waals surface area contributed by atoms with Crippen molar-refractivity contribution in [1.29, 1.82) is 0 Å². The van der Waals surface area contributed by atoms with E-state index in [0.717, 1.165) is 44.9 Å². The highest BCUT2D eigenvalue weighted by Crippen LogP contribution is 2.15. The van der Waals surface area contributed by atoms with Crippen molar-refractivity contribution < 1.29 is 4.79 Å². The van der Waals surface area contributed by atoms with Crippen LogP contribution in [0.25, 0.3) is 0 Å². The van der Waals surface area contributed by atoms with Crippen LogP contribution in [0.15, 0.2) is 0 Å². The van der Waals surface area contributed by atoms with Crippen molar-refractivity contribution in [2.45, 2.75) is 65.5 Å². The molecule has 0 aromatic carbocycles. The normalized spacial score (nSPS) is 19.9. The number of rotatable bonds is 8. The summed E-state index contributed by atoms with van der Waals surface area (Å²) in [5.74, 6) is 0.918. The molecule has 0 aliphatic carbocycles. The Morgan fingerprint density at radius 1 is 1.30 bits per heavy atom. The number of piperidine rings is 1. The lowest BCUT2D eigenvalue weighted by Crippen LogP contribution is -2.49. The van der Waals surface area contributed by atoms with Crippen LogP contribution >= 0.6 is 0 Å². The monoisotopic (exact) mass is 283 g/mol. The van der Waals surface area contributed by atoms with Crippen molar-refractivity contribution in [3.05, 3.63) is 0 Å². The molecule has 0 aromatic rings. The van der Waals surface area contributed by atoms with Gasteiger partial charge in [0.1, 0.15) is 0 Å². The Balaban J connectivity index is 2.43. The zero-order valence-electron chi connectivity index (χ0n) is 13.7. The third-order valence-electron chi connectivity index (χ3n) is 4.40. The van der Waals surface area contributed by atoms with Crippen LogP contribution in [0.3, 0.4) is 0 Å². The number of amides is 1. The Kier molecular flexibility index (Phi) is 8.15. The predicted octanol–water partition coefficient (Wildman–Crippen LogP) is 2.00. The zero-order chi connectivity index (χ0) is 15.0. The Morgan fingerprint density at radius 2 is 1.95 bits per heavy atom. The van der Waals surface area contributed by atoms with Gasteiger partial charge >= 0.3 is 0 Å². The second-order valence-electron chi connectivity index (χ2n) is 6.16. The SMILES string of the molecule is CCCC(C)NC(=O)C(C)N(CC)CC1CCNCC1. The number of nitrogens with zero attached hydrogens (tertiary/aromatic N) is 1. The van der Waals surface area contributed by atoms with E-state index in [1.54, 1.807) is 0 Å². The van der Waals surface area contributed by atoms with E-state index in [2.05, 4.69) is 36.3 Å². The zero-order valence-corrected chi connectivity index (χ0v) is 13.7. The van der Waals surface area contributed by atoms with Crippen molar-refractivity contribution >= 4 is 5.91 Å². The molecule has 2 N–H and O–H groups in total. The summed E-state index contributed by atoms with van der Waals surface area (Å²) in [6.07, 6.45) is 4.63. The highest BCUT2D eigenvalue weighted by atomic mass is 16.2. The fourth-order valence-corrected chi connectivity index (χ4v) is 2.99. The Hall–Kier alpha value is -0.610. The van der Waals surface area contributed by atoms with Crippen LogP contribution in [0, 0.1) is 5.92 Å². The van der Waals surface area contributed by atoms with E-state index >= 15 is 0 Å². The molecular formula is C16H33N3O. The van der Waals surface area contributed by atoms with Crippen LogP contribution in [0.5, 0.6) is 0 Å². The van der Waals surface area contributed by atoms with E-state index in [9.17, 15) is 4.79 Å². The van der Waals surface area contributed by atoms with Gasteiger partial charge in [0.15, 0.2) is 0 Å². The third-order valence-corrected chi connectivity index (χ3v) is 4.40. The van der Waals surface area contributed by atoms with Crippen molar-refractivity contribution in [3.8, 4) is 0 Å². The molecule has 1 saturated heterocycles. The molecular weight excluding hydrogens is 250 g/mol. The number of hydrogen-bond donors (Lipinski definition) is 2. The summed E-state index contributed by atoms with van der Waals surface area (Å²) in [7, 11) is 0. The number of hydrogen-bond acceptors (Lipinski definition) is 3. The Labute approximate surface area is 124 Å². The minimum Gasteiger partial charge on any atom is -0.352 e. The van der Waals surface area contributed by atoms with Gasteiger partial charge in [-0.05, 0) is 58.7 Å². The van der Waals surface area contributed by atoms with E-state index in [4.69, 9.17) is 0 Å². The average Bonchev–Trinajstić information content (AvgIpc) is 2.45. The molecule has 0 radical (unpaired) electrons. The van der Waals surface area contributed by atoms with Crippen LogP contribution < -0.4 is 10.6 Å². The first-order valence-electron chi connectivity index (χ1n) is 8.33. The molecule has 4 heteroatoms. The van der Waals surface area contributed by atoms with Crippen LogP contribution in [-0.2, 0) is 4.79 Å². The molecule has 118 valence electrons. The minimum atomic E-state index is -0.0193. The van der Waals surface area contributed by atoms with E-state index in [1.807, 2.05) is 6.92 Å². The molecule has 1 aliphatic heterocycles. The lowest BCUT2D eigenvalue weighted by molar-refractivity contribution is -0.126. The highest BCUT2D eigenvalue weighted by Gasteiger charge is 2.24. The van der Waals surface area contributed by atoms with E-state index in [1.165, 1.54) is 12.8 Å². The molecule has 1 rings (SSSR count). The lowest BCUT2D eigenvalue weighted by Gasteiger charge is -2.33. The fourth-order valence-electron chi connectivity index (χ4n) is 2.99. The number of carbonyl (C=O) groups is 1. The van der Waals surface area contributed by atoms with Gasteiger partial charge in [-0.25, -0.2) is 0 Å². The summed E-state index contributed by atoms with van der Waals surface area (Å²) in [6.45, 7) is 12.7. The van der Waals surface area contributed by atoms with Crippen molar-refractivity contribution in [1.82, 2.24) is 15.5 Å². The maximum Gasteiger partial charge on any atom is 0.237 e. The first-order valence-corrected chi connectivity index (χ1v) is 8.33. The molecule has 0 saturated carbocycles. The Bertz CT molecular complexity index is 277. The van der Waals surface area contributed by atoms with Gasteiger partial charge in [-0.3, -0.25) is 9.69 Å². The Morgan fingerprint density at radius 3 is 2.50 bits per heavy atom. The molecule has 1 heterocycles. The average molecular weight is 283 g/mol. The number of likely N-dealkylation sites (N-methyl/N-ethyl adjacent to an activating group) is 1. The summed E-state index contributed by atoms with van der Waals surface area (Å²) in [5.41, 5.74) is 0. The molecule has 1 aliphatic rings. The molecule has 1 amide bonds. The molecule has 2 unspecified atom stereocenters. The maximum atomic E-state index is 12.3.